The largest absolute Gasteiger partial charge is 0.254 e. The maximum atomic E-state index is 5.35. The van der Waals surface area contributed by atoms with Crippen LogP contribution in [0.25, 0.3) is 0 Å². The quantitative estimate of drug-likeness (QED) is 0.399. The van der Waals surface area contributed by atoms with E-state index in [1.54, 1.807) is 0 Å². The van der Waals surface area contributed by atoms with E-state index in [0.717, 1.165) is 13.1 Å². The average Bonchev–Trinajstić information content (AvgIpc) is 1.94. The molecule has 0 aromatic heterocycles. The third-order valence-electron chi connectivity index (χ3n) is 1.17. The molecule has 0 unspecified atom stereocenters. The van der Waals surface area contributed by atoms with E-state index in [9.17, 15) is 0 Å². The van der Waals surface area contributed by atoms with Gasteiger partial charge in [-0.3, -0.25) is 10.9 Å². The van der Waals surface area contributed by atoms with Gasteiger partial charge in [0.2, 0.25) is 7.98 Å². The van der Waals surface area contributed by atoms with E-state index >= 15 is 0 Å². The third kappa shape index (κ3) is 1.82. The summed E-state index contributed by atoms with van der Waals surface area (Å²) in [6.45, 7) is 1.95. The first-order valence-corrected chi connectivity index (χ1v) is 2.91. The Morgan fingerprint density at radius 2 is 1.62 bits per heavy atom. The predicted octanol–water partition coefficient (Wildman–Crippen LogP) is -0.825. The zero-order valence-electron chi connectivity index (χ0n) is 4.85. The molecule has 1 heterocycles. The van der Waals surface area contributed by atoms with Gasteiger partial charge in [0, 0.05) is 13.1 Å². The molecular formula is C4H10BN3. The van der Waals surface area contributed by atoms with Crippen LogP contribution in [0, 0.1) is 0 Å². The fraction of sp³-hybridized carbons (Fsp3) is 1.00. The monoisotopic (exact) mass is 111 g/mol. The molecule has 44 valence electrons. The van der Waals surface area contributed by atoms with Crippen molar-refractivity contribution in [2.45, 2.75) is 12.8 Å². The average molecular weight is 111 g/mol. The van der Waals surface area contributed by atoms with Crippen LogP contribution in [-0.4, -0.2) is 26.1 Å². The molecule has 0 aromatic rings. The SMILES string of the molecule is [B]N1NCCCCN1. The summed E-state index contributed by atoms with van der Waals surface area (Å²) >= 11 is 0. The Hall–Kier alpha value is -0.0551. The molecule has 0 bridgehead atoms. The first-order valence-electron chi connectivity index (χ1n) is 2.91. The number of hydrogen-bond donors (Lipinski definition) is 2. The second kappa shape index (κ2) is 3.07. The molecule has 0 aromatic carbocycles. The minimum absolute atomic E-state index is 0.976. The molecule has 1 aliphatic heterocycles. The van der Waals surface area contributed by atoms with E-state index in [0.29, 0.717) is 0 Å². The minimum Gasteiger partial charge on any atom is -0.254 e. The fourth-order valence-electron chi connectivity index (χ4n) is 0.705. The standard InChI is InChI=1S/C4H10BN3/c5-8-6-3-1-2-4-7-8/h6-7H,1-4H2. The molecule has 4 heteroatoms. The van der Waals surface area contributed by atoms with Crippen molar-refractivity contribution in [3.8, 4) is 0 Å². The van der Waals surface area contributed by atoms with Gasteiger partial charge in [0.1, 0.15) is 0 Å². The van der Waals surface area contributed by atoms with Crippen molar-refractivity contribution in [3.05, 3.63) is 0 Å². The van der Waals surface area contributed by atoms with Crippen LogP contribution in [0.4, 0.5) is 0 Å². The van der Waals surface area contributed by atoms with Crippen LogP contribution >= 0.6 is 0 Å². The van der Waals surface area contributed by atoms with Crippen molar-refractivity contribution in [3.63, 3.8) is 0 Å². The van der Waals surface area contributed by atoms with Crippen LogP contribution in [0.1, 0.15) is 12.8 Å². The van der Waals surface area contributed by atoms with Crippen LogP contribution in [-0.2, 0) is 0 Å². The molecule has 0 spiro atoms. The highest BCUT2D eigenvalue weighted by Crippen LogP contribution is 1.87. The van der Waals surface area contributed by atoms with E-state index < -0.39 is 0 Å². The summed E-state index contributed by atoms with van der Waals surface area (Å²) in [5.74, 6) is 0. The van der Waals surface area contributed by atoms with E-state index in [1.807, 2.05) is 0 Å². The Balaban J connectivity index is 2.17. The predicted molar refractivity (Wildman–Crippen MR) is 32.8 cm³/mol. The van der Waals surface area contributed by atoms with Crippen LogP contribution in [0.15, 0.2) is 0 Å². The lowest BCUT2D eigenvalue weighted by Crippen LogP contribution is -2.44. The summed E-state index contributed by atoms with van der Waals surface area (Å²) in [6, 6.07) is 0. The number of hydrogen-bond acceptors (Lipinski definition) is 3. The smallest absolute Gasteiger partial charge is 0.231 e. The third-order valence-corrected chi connectivity index (χ3v) is 1.17. The number of nitrogens with zero attached hydrogens (tertiary/aromatic N) is 1. The van der Waals surface area contributed by atoms with Gasteiger partial charge in [-0.2, -0.15) is 0 Å². The molecule has 0 amide bonds. The van der Waals surface area contributed by atoms with Gasteiger partial charge in [0.25, 0.3) is 0 Å². The Labute approximate surface area is 50.8 Å². The maximum absolute atomic E-state index is 5.35. The van der Waals surface area contributed by atoms with Gasteiger partial charge in [-0.15, -0.1) is 0 Å². The lowest BCUT2D eigenvalue weighted by molar-refractivity contribution is 0.271. The van der Waals surface area contributed by atoms with Gasteiger partial charge < -0.3 is 0 Å². The van der Waals surface area contributed by atoms with Gasteiger partial charge in [-0.25, -0.2) is 5.03 Å². The van der Waals surface area contributed by atoms with Crippen molar-refractivity contribution >= 4 is 7.98 Å². The normalized spacial score (nSPS) is 25.0. The van der Waals surface area contributed by atoms with E-state index in [1.165, 1.54) is 17.9 Å². The summed E-state index contributed by atoms with van der Waals surface area (Å²) in [7, 11) is 5.35. The van der Waals surface area contributed by atoms with Gasteiger partial charge in [-0.05, 0) is 12.8 Å². The summed E-state index contributed by atoms with van der Waals surface area (Å²) in [5, 5.41) is 1.42. The van der Waals surface area contributed by atoms with Crippen LogP contribution < -0.4 is 10.9 Å². The van der Waals surface area contributed by atoms with Gasteiger partial charge in [0.05, 0.1) is 0 Å². The molecule has 8 heavy (non-hydrogen) atoms. The molecule has 2 N–H and O–H groups in total. The van der Waals surface area contributed by atoms with Gasteiger partial charge >= 0.3 is 0 Å². The highest BCUT2D eigenvalue weighted by Gasteiger charge is 1.98. The van der Waals surface area contributed by atoms with Gasteiger partial charge in [-0.1, -0.05) is 0 Å². The zero-order chi connectivity index (χ0) is 5.82. The Morgan fingerprint density at radius 1 is 1.12 bits per heavy atom. The molecule has 1 saturated heterocycles. The highest BCUT2D eigenvalue weighted by molar-refractivity contribution is 6.03. The number of hydrazine groups is 2. The van der Waals surface area contributed by atoms with Crippen molar-refractivity contribution in [1.82, 2.24) is 15.9 Å². The maximum Gasteiger partial charge on any atom is 0.231 e. The van der Waals surface area contributed by atoms with E-state index in [2.05, 4.69) is 10.9 Å². The molecule has 1 fully saturated rings. The van der Waals surface area contributed by atoms with Crippen molar-refractivity contribution in [1.29, 1.82) is 0 Å². The molecule has 1 aliphatic rings. The highest BCUT2D eigenvalue weighted by atomic mass is 15.7. The van der Waals surface area contributed by atoms with Crippen molar-refractivity contribution in [2.75, 3.05) is 13.1 Å². The molecule has 2 radical (unpaired) electrons. The minimum atomic E-state index is 0.976. The molecule has 1 rings (SSSR count). The van der Waals surface area contributed by atoms with E-state index in [4.69, 9.17) is 7.98 Å². The second-order valence-electron chi connectivity index (χ2n) is 1.89. The van der Waals surface area contributed by atoms with Crippen molar-refractivity contribution < 1.29 is 0 Å². The van der Waals surface area contributed by atoms with E-state index in [-0.39, 0.29) is 0 Å². The Bertz CT molecular complexity index is 60.3. The summed E-state index contributed by atoms with van der Waals surface area (Å²) in [4.78, 5) is 0. The summed E-state index contributed by atoms with van der Waals surface area (Å²) in [5.41, 5.74) is 5.89. The molecule has 0 atom stereocenters. The summed E-state index contributed by atoms with van der Waals surface area (Å²) in [6.07, 6.45) is 2.39. The number of rotatable bonds is 0. The lowest BCUT2D eigenvalue weighted by Gasteiger charge is -2.14. The van der Waals surface area contributed by atoms with Crippen LogP contribution in [0.5, 0.6) is 0 Å². The topological polar surface area (TPSA) is 27.3 Å². The molecule has 3 nitrogen and oxygen atoms in total. The summed E-state index contributed by atoms with van der Waals surface area (Å²) < 4.78 is 0. The van der Waals surface area contributed by atoms with Crippen LogP contribution in [0.3, 0.4) is 0 Å². The van der Waals surface area contributed by atoms with Gasteiger partial charge in [0.15, 0.2) is 0 Å². The fourth-order valence-corrected chi connectivity index (χ4v) is 0.705. The Kier molecular flexibility index (Phi) is 2.33. The zero-order valence-corrected chi connectivity index (χ0v) is 4.85. The van der Waals surface area contributed by atoms with Crippen LogP contribution in [0.2, 0.25) is 0 Å². The molecular weight excluding hydrogens is 101 g/mol. The lowest BCUT2D eigenvalue weighted by atomic mass is 10.3. The first-order chi connectivity index (χ1) is 3.89. The molecule has 0 saturated carbocycles. The van der Waals surface area contributed by atoms with Crippen molar-refractivity contribution in [2.24, 2.45) is 0 Å². The molecule has 0 aliphatic carbocycles. The Morgan fingerprint density at radius 3 is 2.12 bits per heavy atom. The first kappa shape index (κ1) is 6.07. The second-order valence-corrected chi connectivity index (χ2v) is 1.89. The number of nitrogens with one attached hydrogen (secondary N) is 2.